The number of nitrogens with zero attached hydrogens (tertiary/aromatic N) is 8. The van der Waals surface area contributed by atoms with Crippen molar-refractivity contribution in [1.29, 1.82) is 0 Å². The third-order valence-electron chi connectivity index (χ3n) is 4.39. The third kappa shape index (κ3) is 1.44. The van der Waals surface area contributed by atoms with E-state index in [4.69, 9.17) is 4.98 Å². The van der Waals surface area contributed by atoms with E-state index in [9.17, 15) is 0 Å². The van der Waals surface area contributed by atoms with Crippen molar-refractivity contribution in [3.8, 4) is 11.6 Å². The smallest absolute Gasteiger partial charge is 0.236 e. The molecule has 0 N–H and O–H groups in total. The van der Waals surface area contributed by atoms with Crippen molar-refractivity contribution in [3.05, 3.63) is 36.6 Å². The molecular formula is C14H14N8. The van der Waals surface area contributed by atoms with E-state index in [0.29, 0.717) is 5.95 Å². The van der Waals surface area contributed by atoms with Crippen LogP contribution >= 0.6 is 0 Å². The molecule has 110 valence electrons. The minimum Gasteiger partial charge on any atom is -0.344 e. The summed E-state index contributed by atoms with van der Waals surface area (Å²) in [5.41, 5.74) is 0.958. The van der Waals surface area contributed by atoms with E-state index in [-0.39, 0.29) is 6.04 Å². The maximum atomic E-state index is 4.78. The van der Waals surface area contributed by atoms with E-state index in [2.05, 4.69) is 29.6 Å². The van der Waals surface area contributed by atoms with Crippen LogP contribution in [0.25, 0.3) is 11.6 Å². The number of imidazole rings is 1. The molecule has 8 nitrogen and oxygen atoms in total. The van der Waals surface area contributed by atoms with E-state index >= 15 is 0 Å². The highest BCUT2D eigenvalue weighted by molar-refractivity contribution is 5.63. The van der Waals surface area contributed by atoms with Gasteiger partial charge in [0, 0.05) is 18.9 Å². The van der Waals surface area contributed by atoms with Crippen LogP contribution in [-0.2, 0) is 0 Å². The van der Waals surface area contributed by atoms with Gasteiger partial charge in [0.15, 0.2) is 11.6 Å². The van der Waals surface area contributed by atoms with Crippen molar-refractivity contribution in [2.75, 3.05) is 11.4 Å². The SMILES string of the molecule is Cc1nnc2n1-c1cnc(-n3ccnc3)nc1N1CCCC21. The molecule has 1 saturated heterocycles. The average molecular weight is 294 g/mol. The Morgan fingerprint density at radius 3 is 3.09 bits per heavy atom. The molecule has 2 aliphatic rings. The summed E-state index contributed by atoms with van der Waals surface area (Å²) in [6, 6.07) is 0.263. The molecule has 22 heavy (non-hydrogen) atoms. The molecule has 5 heterocycles. The van der Waals surface area contributed by atoms with Crippen molar-refractivity contribution >= 4 is 5.82 Å². The second-order valence-corrected chi connectivity index (χ2v) is 5.64. The number of fused-ring (bicyclic) bond motifs is 6. The zero-order chi connectivity index (χ0) is 14.7. The van der Waals surface area contributed by atoms with E-state index in [1.54, 1.807) is 12.5 Å². The van der Waals surface area contributed by atoms with Gasteiger partial charge in [-0.2, -0.15) is 4.98 Å². The van der Waals surface area contributed by atoms with Crippen LogP contribution in [0.3, 0.4) is 0 Å². The highest BCUT2D eigenvalue weighted by Gasteiger charge is 2.38. The second-order valence-electron chi connectivity index (χ2n) is 5.64. The van der Waals surface area contributed by atoms with Crippen LogP contribution in [0.15, 0.2) is 24.9 Å². The van der Waals surface area contributed by atoms with Gasteiger partial charge < -0.3 is 4.90 Å². The Kier molecular flexibility index (Phi) is 2.22. The van der Waals surface area contributed by atoms with Gasteiger partial charge in [-0.25, -0.2) is 9.97 Å². The van der Waals surface area contributed by atoms with Crippen molar-refractivity contribution in [1.82, 2.24) is 34.3 Å². The van der Waals surface area contributed by atoms with Gasteiger partial charge in [-0.05, 0) is 19.8 Å². The van der Waals surface area contributed by atoms with Crippen LogP contribution in [0.5, 0.6) is 0 Å². The fourth-order valence-electron chi connectivity index (χ4n) is 3.41. The normalized spacial score (nSPS) is 19.0. The Labute approximate surface area is 126 Å². The summed E-state index contributed by atoms with van der Waals surface area (Å²) < 4.78 is 3.90. The molecule has 3 aromatic heterocycles. The predicted molar refractivity (Wildman–Crippen MR) is 78.1 cm³/mol. The maximum Gasteiger partial charge on any atom is 0.236 e. The number of hydrogen-bond acceptors (Lipinski definition) is 6. The summed E-state index contributed by atoms with van der Waals surface area (Å²) in [6.45, 7) is 2.96. The lowest BCUT2D eigenvalue weighted by atomic mass is 10.1. The van der Waals surface area contributed by atoms with Crippen LogP contribution in [0.1, 0.15) is 30.5 Å². The first kappa shape index (κ1) is 11.8. The third-order valence-corrected chi connectivity index (χ3v) is 4.39. The Morgan fingerprint density at radius 1 is 1.27 bits per heavy atom. The number of aryl methyl sites for hydroxylation is 1. The fraction of sp³-hybridized carbons (Fsp3) is 0.357. The Morgan fingerprint density at radius 2 is 2.23 bits per heavy atom. The van der Waals surface area contributed by atoms with E-state index in [0.717, 1.165) is 42.5 Å². The number of rotatable bonds is 1. The zero-order valence-electron chi connectivity index (χ0n) is 12.1. The van der Waals surface area contributed by atoms with Gasteiger partial charge in [-0.3, -0.25) is 9.13 Å². The first-order valence-electron chi connectivity index (χ1n) is 7.37. The minimum absolute atomic E-state index is 0.263. The summed E-state index contributed by atoms with van der Waals surface area (Å²) in [4.78, 5) is 15.6. The number of hydrogen-bond donors (Lipinski definition) is 0. The molecule has 0 aromatic carbocycles. The lowest BCUT2D eigenvalue weighted by Gasteiger charge is -2.32. The van der Waals surface area contributed by atoms with Crippen LogP contribution in [0.4, 0.5) is 5.82 Å². The monoisotopic (exact) mass is 294 g/mol. The molecule has 5 rings (SSSR count). The molecule has 1 fully saturated rings. The lowest BCUT2D eigenvalue weighted by molar-refractivity contribution is 0.616. The molecule has 8 heteroatoms. The van der Waals surface area contributed by atoms with Crippen molar-refractivity contribution < 1.29 is 0 Å². The summed E-state index contributed by atoms with van der Waals surface area (Å²) in [7, 11) is 0. The minimum atomic E-state index is 0.263. The molecule has 3 aromatic rings. The van der Waals surface area contributed by atoms with Gasteiger partial charge in [0.25, 0.3) is 0 Å². The summed E-state index contributed by atoms with van der Waals surface area (Å²) >= 11 is 0. The van der Waals surface area contributed by atoms with Crippen LogP contribution < -0.4 is 4.90 Å². The summed E-state index contributed by atoms with van der Waals surface area (Å²) in [6.07, 6.45) is 9.36. The molecule has 0 amide bonds. The largest absolute Gasteiger partial charge is 0.344 e. The van der Waals surface area contributed by atoms with Crippen molar-refractivity contribution in [3.63, 3.8) is 0 Å². The summed E-state index contributed by atoms with van der Waals surface area (Å²) in [5, 5.41) is 8.62. The standard InChI is InChI=1S/C14H14N8/c1-9-18-19-13-10-3-2-5-21(10)12-11(22(9)13)7-16-14(17-12)20-6-4-15-8-20/h4,6-8,10H,2-3,5H2,1H3. The van der Waals surface area contributed by atoms with Crippen LogP contribution in [0.2, 0.25) is 0 Å². The zero-order valence-corrected chi connectivity index (χ0v) is 12.1. The molecule has 1 atom stereocenters. The lowest BCUT2D eigenvalue weighted by Crippen LogP contribution is -2.32. The van der Waals surface area contributed by atoms with E-state index < -0.39 is 0 Å². The molecular weight excluding hydrogens is 280 g/mol. The molecule has 0 aliphatic carbocycles. The number of aromatic nitrogens is 7. The topological polar surface area (TPSA) is 77.5 Å². The van der Waals surface area contributed by atoms with E-state index in [1.165, 1.54) is 0 Å². The Hall–Kier alpha value is -2.77. The quantitative estimate of drug-likeness (QED) is 0.671. The van der Waals surface area contributed by atoms with E-state index in [1.807, 2.05) is 23.9 Å². The van der Waals surface area contributed by atoms with Gasteiger partial charge in [0.05, 0.1) is 12.2 Å². The molecule has 1 unspecified atom stereocenters. The van der Waals surface area contributed by atoms with Gasteiger partial charge in [-0.1, -0.05) is 0 Å². The second kappa shape index (κ2) is 4.12. The van der Waals surface area contributed by atoms with Crippen molar-refractivity contribution in [2.45, 2.75) is 25.8 Å². The Balaban J connectivity index is 1.76. The molecule has 0 spiro atoms. The number of anilines is 1. The first-order valence-corrected chi connectivity index (χ1v) is 7.37. The first-order chi connectivity index (χ1) is 10.8. The summed E-state index contributed by atoms with van der Waals surface area (Å²) in [5.74, 6) is 3.47. The van der Waals surface area contributed by atoms with Gasteiger partial charge in [0.1, 0.15) is 17.8 Å². The van der Waals surface area contributed by atoms with Gasteiger partial charge in [0.2, 0.25) is 5.95 Å². The molecule has 0 saturated carbocycles. The van der Waals surface area contributed by atoms with Gasteiger partial charge >= 0.3 is 0 Å². The highest BCUT2D eigenvalue weighted by atomic mass is 15.4. The van der Waals surface area contributed by atoms with Gasteiger partial charge in [-0.15, -0.1) is 10.2 Å². The predicted octanol–water partition coefficient (Wildman–Crippen LogP) is 1.21. The maximum absolute atomic E-state index is 4.78. The highest BCUT2D eigenvalue weighted by Crippen LogP contribution is 2.42. The molecule has 0 radical (unpaired) electrons. The van der Waals surface area contributed by atoms with Crippen molar-refractivity contribution in [2.24, 2.45) is 0 Å². The van der Waals surface area contributed by atoms with Crippen LogP contribution in [0, 0.1) is 6.92 Å². The molecule has 0 bridgehead atoms. The average Bonchev–Trinajstić information content (AvgIpc) is 3.27. The van der Waals surface area contributed by atoms with Crippen LogP contribution in [-0.4, -0.2) is 40.8 Å². The molecule has 2 aliphatic heterocycles. The Bertz CT molecular complexity index is 850. The fourth-order valence-corrected chi connectivity index (χ4v) is 3.41.